The van der Waals surface area contributed by atoms with Gasteiger partial charge in [-0.05, 0) is 37.1 Å². The molecule has 0 bridgehead atoms. The fourth-order valence-corrected chi connectivity index (χ4v) is 3.45. The van der Waals surface area contributed by atoms with E-state index in [1.165, 1.54) is 0 Å². The van der Waals surface area contributed by atoms with E-state index >= 15 is 0 Å². The number of nitrogens with zero attached hydrogens (tertiary/aromatic N) is 2. The normalized spacial score (nSPS) is 14.0. The van der Waals surface area contributed by atoms with Crippen LogP contribution in [0.25, 0.3) is 11.0 Å². The zero-order valence-corrected chi connectivity index (χ0v) is 15.0. The molecule has 1 N–H and O–H groups in total. The molecule has 1 heterocycles. The summed E-state index contributed by atoms with van der Waals surface area (Å²) < 4.78 is 2.07. The summed E-state index contributed by atoms with van der Waals surface area (Å²) in [4.78, 5) is 16.7. The second-order valence-electron chi connectivity index (χ2n) is 6.30. The number of rotatable bonds is 5. The molecule has 0 radical (unpaired) electrons. The van der Waals surface area contributed by atoms with Gasteiger partial charge in [-0.1, -0.05) is 41.4 Å². The third-order valence-electron chi connectivity index (χ3n) is 4.48. The van der Waals surface area contributed by atoms with Crippen LogP contribution >= 0.6 is 23.2 Å². The number of carbonyl (C=O) groups excluding carboxylic acids is 1. The predicted octanol–water partition coefficient (Wildman–Crippen LogP) is 4.42. The molecule has 6 heteroatoms. The molecule has 1 aliphatic rings. The first kappa shape index (κ1) is 16.4. The molecule has 0 atom stereocenters. The maximum Gasteiger partial charge on any atom is 0.223 e. The molecule has 4 nitrogen and oxygen atoms in total. The molecular formula is C19H17Cl2N3O. The maximum absolute atomic E-state index is 12.0. The van der Waals surface area contributed by atoms with Crippen molar-refractivity contribution in [3.05, 3.63) is 63.9 Å². The zero-order chi connectivity index (χ0) is 17.4. The lowest BCUT2D eigenvalue weighted by Crippen LogP contribution is -2.26. The first-order valence-electron chi connectivity index (χ1n) is 8.28. The van der Waals surface area contributed by atoms with Crippen molar-refractivity contribution in [2.45, 2.75) is 25.9 Å². The third kappa shape index (κ3) is 3.37. The van der Waals surface area contributed by atoms with Gasteiger partial charge >= 0.3 is 0 Å². The largest absolute Gasteiger partial charge is 0.349 e. The summed E-state index contributed by atoms with van der Waals surface area (Å²) >= 11 is 12.7. The number of hydrogen-bond donors (Lipinski definition) is 1. The van der Waals surface area contributed by atoms with Gasteiger partial charge in [0.05, 0.1) is 24.1 Å². The Hall–Kier alpha value is -2.04. The average molecular weight is 374 g/mol. The van der Waals surface area contributed by atoms with Gasteiger partial charge in [0, 0.05) is 21.5 Å². The molecule has 2 aromatic carbocycles. The van der Waals surface area contributed by atoms with E-state index in [0.29, 0.717) is 23.1 Å². The topological polar surface area (TPSA) is 46.9 Å². The van der Waals surface area contributed by atoms with Crippen molar-refractivity contribution in [3.8, 4) is 0 Å². The van der Waals surface area contributed by atoms with Crippen molar-refractivity contribution >= 4 is 40.1 Å². The standard InChI is InChI=1S/C19H17Cl2N3O/c20-14-4-3-5-15(21)13(14)11-24-17-7-2-1-6-16(17)23-18(24)10-22-19(25)12-8-9-12/h1-7,12H,8-11H2,(H,22,25). The summed E-state index contributed by atoms with van der Waals surface area (Å²) in [5.74, 6) is 1.08. The first-order valence-corrected chi connectivity index (χ1v) is 9.04. The van der Waals surface area contributed by atoms with Crippen molar-refractivity contribution < 1.29 is 4.79 Å². The van der Waals surface area contributed by atoms with Gasteiger partial charge in [-0.25, -0.2) is 4.98 Å². The van der Waals surface area contributed by atoms with E-state index in [2.05, 4.69) is 14.9 Å². The van der Waals surface area contributed by atoms with Crippen LogP contribution in [0.2, 0.25) is 10.0 Å². The molecule has 1 amide bonds. The number of halogens is 2. The van der Waals surface area contributed by atoms with Crippen molar-refractivity contribution in [1.82, 2.24) is 14.9 Å². The van der Waals surface area contributed by atoms with Crippen molar-refractivity contribution in [1.29, 1.82) is 0 Å². The first-order chi connectivity index (χ1) is 12.1. The molecule has 1 aliphatic carbocycles. The zero-order valence-electron chi connectivity index (χ0n) is 13.5. The molecule has 1 fully saturated rings. The van der Waals surface area contributed by atoms with Gasteiger partial charge in [0.15, 0.2) is 0 Å². The van der Waals surface area contributed by atoms with E-state index in [4.69, 9.17) is 23.2 Å². The van der Waals surface area contributed by atoms with Crippen LogP contribution < -0.4 is 5.32 Å². The van der Waals surface area contributed by atoms with Crippen LogP contribution in [0, 0.1) is 5.92 Å². The molecule has 3 aromatic rings. The highest BCUT2D eigenvalue weighted by atomic mass is 35.5. The van der Waals surface area contributed by atoms with E-state index in [9.17, 15) is 4.79 Å². The van der Waals surface area contributed by atoms with Crippen LogP contribution in [-0.2, 0) is 17.9 Å². The SMILES string of the molecule is O=C(NCc1nc2ccccc2n1Cc1c(Cl)cccc1Cl)C1CC1. The molecule has 0 saturated heterocycles. The number of nitrogens with one attached hydrogen (secondary N) is 1. The summed E-state index contributed by atoms with van der Waals surface area (Å²) in [6, 6.07) is 13.4. The molecule has 0 aliphatic heterocycles. The van der Waals surface area contributed by atoms with E-state index < -0.39 is 0 Å². The Morgan fingerprint density at radius 3 is 2.56 bits per heavy atom. The minimum Gasteiger partial charge on any atom is -0.349 e. The van der Waals surface area contributed by atoms with E-state index in [0.717, 1.165) is 35.3 Å². The summed E-state index contributed by atoms with van der Waals surface area (Å²) in [6.07, 6.45) is 1.97. The Bertz CT molecular complexity index is 927. The highest BCUT2D eigenvalue weighted by Crippen LogP contribution is 2.29. The summed E-state index contributed by atoms with van der Waals surface area (Å²) in [6.45, 7) is 0.903. The van der Waals surface area contributed by atoms with E-state index in [1.807, 2.05) is 42.5 Å². The van der Waals surface area contributed by atoms with Crippen molar-refractivity contribution in [2.75, 3.05) is 0 Å². The lowest BCUT2D eigenvalue weighted by Gasteiger charge is -2.12. The van der Waals surface area contributed by atoms with Gasteiger partial charge in [0.1, 0.15) is 5.82 Å². The number of aromatic nitrogens is 2. The number of imidazole rings is 1. The van der Waals surface area contributed by atoms with E-state index in [-0.39, 0.29) is 11.8 Å². The molecular weight excluding hydrogens is 357 g/mol. The van der Waals surface area contributed by atoms with Crippen LogP contribution in [0.15, 0.2) is 42.5 Å². The van der Waals surface area contributed by atoms with Crippen LogP contribution in [-0.4, -0.2) is 15.5 Å². The van der Waals surface area contributed by atoms with Crippen LogP contribution in [0.5, 0.6) is 0 Å². The van der Waals surface area contributed by atoms with Crippen molar-refractivity contribution in [2.24, 2.45) is 5.92 Å². The molecule has 1 aromatic heterocycles. The number of benzene rings is 2. The predicted molar refractivity (Wildman–Crippen MR) is 99.9 cm³/mol. The van der Waals surface area contributed by atoms with Gasteiger partial charge in [0.25, 0.3) is 0 Å². The lowest BCUT2D eigenvalue weighted by atomic mass is 10.2. The number of para-hydroxylation sites is 2. The van der Waals surface area contributed by atoms with Gasteiger partial charge in [0.2, 0.25) is 5.91 Å². The lowest BCUT2D eigenvalue weighted by molar-refractivity contribution is -0.122. The Kier molecular flexibility index (Phi) is 4.40. The smallest absolute Gasteiger partial charge is 0.223 e. The Labute approximate surface area is 155 Å². The minimum atomic E-state index is 0.106. The fourth-order valence-electron chi connectivity index (χ4n) is 2.93. The summed E-state index contributed by atoms with van der Waals surface area (Å²) in [7, 11) is 0. The van der Waals surface area contributed by atoms with Crippen LogP contribution in [0.1, 0.15) is 24.2 Å². The summed E-state index contributed by atoms with van der Waals surface area (Å²) in [5.41, 5.74) is 2.74. The van der Waals surface area contributed by atoms with Crippen LogP contribution in [0.3, 0.4) is 0 Å². The van der Waals surface area contributed by atoms with E-state index in [1.54, 1.807) is 0 Å². The number of fused-ring (bicyclic) bond motifs is 1. The number of hydrogen-bond acceptors (Lipinski definition) is 2. The Morgan fingerprint density at radius 1 is 1.12 bits per heavy atom. The van der Waals surface area contributed by atoms with Crippen molar-refractivity contribution in [3.63, 3.8) is 0 Å². The van der Waals surface area contributed by atoms with Gasteiger partial charge < -0.3 is 9.88 Å². The molecule has 128 valence electrons. The molecule has 25 heavy (non-hydrogen) atoms. The highest BCUT2D eigenvalue weighted by molar-refractivity contribution is 6.36. The number of amides is 1. The van der Waals surface area contributed by atoms with Gasteiger partial charge in [-0.15, -0.1) is 0 Å². The molecule has 0 unspecified atom stereocenters. The maximum atomic E-state index is 12.0. The molecule has 1 saturated carbocycles. The molecule has 4 rings (SSSR count). The Balaban J connectivity index is 1.70. The second kappa shape index (κ2) is 6.70. The molecule has 0 spiro atoms. The monoisotopic (exact) mass is 373 g/mol. The van der Waals surface area contributed by atoms with Crippen LogP contribution in [0.4, 0.5) is 0 Å². The third-order valence-corrected chi connectivity index (χ3v) is 5.19. The average Bonchev–Trinajstić information content (AvgIpc) is 3.39. The quantitative estimate of drug-likeness (QED) is 0.719. The van der Waals surface area contributed by atoms with Gasteiger partial charge in [-0.3, -0.25) is 4.79 Å². The minimum absolute atomic E-state index is 0.106. The van der Waals surface area contributed by atoms with Gasteiger partial charge in [-0.2, -0.15) is 0 Å². The second-order valence-corrected chi connectivity index (χ2v) is 7.11. The summed E-state index contributed by atoms with van der Waals surface area (Å²) in [5, 5.41) is 4.24. The Morgan fingerprint density at radius 2 is 1.84 bits per heavy atom. The highest BCUT2D eigenvalue weighted by Gasteiger charge is 2.29. The fraction of sp³-hybridized carbons (Fsp3) is 0.263. The number of carbonyl (C=O) groups is 1.